The average Bonchev–Trinajstić information content (AvgIpc) is 3.43. The third kappa shape index (κ3) is 4.42. The lowest BCUT2D eigenvalue weighted by Gasteiger charge is -2.13. The molecule has 0 aliphatic carbocycles. The fourth-order valence-corrected chi connectivity index (χ4v) is 4.93. The zero-order chi connectivity index (χ0) is 22.1. The Morgan fingerprint density at radius 1 is 1.03 bits per heavy atom. The Bertz CT molecular complexity index is 1360. The van der Waals surface area contributed by atoms with Gasteiger partial charge in [0.15, 0.2) is 5.16 Å². The van der Waals surface area contributed by atoms with Gasteiger partial charge in [0.2, 0.25) is 5.78 Å². The zero-order valence-corrected chi connectivity index (χ0v) is 19.4. The first-order valence-corrected chi connectivity index (χ1v) is 11.7. The number of aromatic nitrogens is 5. The molecule has 1 N–H and O–H groups in total. The van der Waals surface area contributed by atoms with Crippen molar-refractivity contribution in [1.29, 1.82) is 0 Å². The topological polar surface area (TPSA) is 58.9 Å². The fraction of sp³-hybridized carbons (Fsp3) is 0.160. The van der Waals surface area contributed by atoms with Crippen molar-refractivity contribution in [2.75, 3.05) is 0 Å². The molecule has 2 aromatic carbocycles. The lowest BCUT2D eigenvalue weighted by molar-refractivity contribution is 0.888. The highest BCUT2D eigenvalue weighted by Gasteiger charge is 2.21. The van der Waals surface area contributed by atoms with Gasteiger partial charge in [-0.05, 0) is 49.6 Å². The number of aryl methyl sites for hydroxylation is 2. The van der Waals surface area contributed by atoms with E-state index in [1.807, 2.05) is 43.5 Å². The predicted molar refractivity (Wildman–Crippen MR) is 130 cm³/mol. The molecule has 5 aromatic rings. The summed E-state index contributed by atoms with van der Waals surface area (Å²) < 4.78 is 2.05. The highest BCUT2D eigenvalue weighted by molar-refractivity contribution is 7.99. The van der Waals surface area contributed by atoms with Crippen LogP contribution in [-0.4, -0.2) is 24.3 Å². The molecule has 0 bridgehead atoms. The van der Waals surface area contributed by atoms with E-state index in [1.165, 1.54) is 5.56 Å². The maximum Gasteiger partial charge on any atom is 0.234 e. The van der Waals surface area contributed by atoms with Crippen molar-refractivity contribution in [2.45, 2.75) is 30.7 Å². The molecule has 0 saturated heterocycles. The molecule has 32 heavy (non-hydrogen) atoms. The maximum absolute atomic E-state index is 6.10. The molecule has 0 spiro atoms. The Balaban J connectivity index is 1.49. The van der Waals surface area contributed by atoms with Gasteiger partial charge in [-0.3, -0.25) is 4.40 Å². The van der Waals surface area contributed by atoms with E-state index in [0.29, 0.717) is 0 Å². The number of nitrogens with one attached hydrogen (secondary N) is 1. The summed E-state index contributed by atoms with van der Waals surface area (Å²) in [5.41, 5.74) is 6.37. The molecule has 160 valence electrons. The molecule has 5 nitrogen and oxygen atoms in total. The minimum absolute atomic E-state index is 0.0624. The second kappa shape index (κ2) is 8.81. The van der Waals surface area contributed by atoms with Gasteiger partial charge in [-0.25, -0.2) is 15.0 Å². The van der Waals surface area contributed by atoms with Crippen LogP contribution in [0.25, 0.3) is 17.0 Å². The number of aromatic amines is 1. The van der Waals surface area contributed by atoms with E-state index < -0.39 is 0 Å². The van der Waals surface area contributed by atoms with E-state index in [-0.39, 0.29) is 5.25 Å². The van der Waals surface area contributed by atoms with Gasteiger partial charge in [0.1, 0.15) is 0 Å². The van der Waals surface area contributed by atoms with Crippen LogP contribution in [0.3, 0.4) is 0 Å². The Labute approximate surface area is 195 Å². The zero-order valence-electron chi connectivity index (χ0n) is 17.8. The Kier molecular flexibility index (Phi) is 5.72. The largest absolute Gasteiger partial charge is 0.333 e. The molecule has 0 aliphatic rings. The van der Waals surface area contributed by atoms with E-state index in [0.717, 1.165) is 50.7 Å². The number of hydrogen-bond donors (Lipinski definition) is 1. The van der Waals surface area contributed by atoms with Gasteiger partial charge in [0, 0.05) is 22.6 Å². The molecule has 0 aliphatic heterocycles. The molecule has 7 heteroatoms. The van der Waals surface area contributed by atoms with Crippen molar-refractivity contribution in [3.63, 3.8) is 0 Å². The second-order valence-corrected chi connectivity index (χ2v) is 9.41. The summed E-state index contributed by atoms with van der Waals surface area (Å²) in [5, 5.41) is 1.66. The number of thioether (sulfide) groups is 1. The second-order valence-electron chi connectivity index (χ2n) is 7.78. The molecular weight excluding hydrogens is 438 g/mol. The van der Waals surface area contributed by atoms with Crippen LogP contribution in [0.5, 0.6) is 0 Å². The molecule has 0 amide bonds. The van der Waals surface area contributed by atoms with E-state index >= 15 is 0 Å². The van der Waals surface area contributed by atoms with Gasteiger partial charge in [0.25, 0.3) is 0 Å². The van der Waals surface area contributed by atoms with Gasteiger partial charge in [-0.2, -0.15) is 0 Å². The monoisotopic (exact) mass is 459 g/mol. The van der Waals surface area contributed by atoms with Crippen molar-refractivity contribution in [2.24, 2.45) is 0 Å². The number of benzene rings is 2. The van der Waals surface area contributed by atoms with Crippen LogP contribution in [0.1, 0.15) is 27.9 Å². The van der Waals surface area contributed by atoms with Crippen LogP contribution < -0.4 is 0 Å². The number of hydrogen-bond acceptors (Lipinski definition) is 4. The maximum atomic E-state index is 6.10. The number of imidazole rings is 2. The normalized spacial score (nSPS) is 12.3. The Morgan fingerprint density at radius 2 is 1.81 bits per heavy atom. The molecule has 1 atom stereocenters. The van der Waals surface area contributed by atoms with Gasteiger partial charge in [-0.15, -0.1) is 0 Å². The summed E-state index contributed by atoms with van der Waals surface area (Å²) in [7, 11) is 0. The molecular formula is C25H22ClN5S. The number of rotatable bonds is 6. The van der Waals surface area contributed by atoms with Crippen molar-refractivity contribution in [1.82, 2.24) is 24.3 Å². The smallest absolute Gasteiger partial charge is 0.234 e. The molecule has 1 unspecified atom stereocenters. The minimum atomic E-state index is 0.0624. The molecule has 0 fully saturated rings. The lowest BCUT2D eigenvalue weighted by Crippen LogP contribution is -2.00. The van der Waals surface area contributed by atoms with Gasteiger partial charge in [-0.1, -0.05) is 65.8 Å². The first-order valence-electron chi connectivity index (χ1n) is 10.4. The minimum Gasteiger partial charge on any atom is -0.333 e. The van der Waals surface area contributed by atoms with Gasteiger partial charge < -0.3 is 4.98 Å². The lowest BCUT2D eigenvalue weighted by atomic mass is 10.1. The van der Waals surface area contributed by atoms with Crippen LogP contribution in [-0.2, 0) is 6.42 Å². The molecule has 0 saturated carbocycles. The third-order valence-corrected chi connectivity index (χ3v) is 6.71. The Morgan fingerprint density at radius 3 is 2.59 bits per heavy atom. The summed E-state index contributed by atoms with van der Waals surface area (Å²) >= 11 is 7.78. The summed E-state index contributed by atoms with van der Waals surface area (Å²) in [4.78, 5) is 17.6. The van der Waals surface area contributed by atoms with Crippen LogP contribution in [0.4, 0.5) is 0 Å². The number of nitrogens with zero attached hydrogens (tertiary/aromatic N) is 4. The SMILES string of the molecule is Cc1cc(C)n2cc(C(Cc3ccc(Cl)cc3)Sc3ncc(-c4ccccc4)[nH]3)nc2n1. The quantitative estimate of drug-likeness (QED) is 0.296. The standard InChI is InChI=1S/C25H22ClN5S/c1-16-12-17(2)31-15-22(29-24(31)28-16)23(13-18-8-10-20(26)11-9-18)32-25-27-14-21(30-25)19-6-4-3-5-7-19/h3-12,14-15,23H,13H2,1-2H3,(H,27,30). The molecule has 3 heterocycles. The Hall–Kier alpha value is -3.09. The van der Waals surface area contributed by atoms with Gasteiger partial charge in [0.05, 0.1) is 22.8 Å². The number of halogens is 1. The van der Waals surface area contributed by atoms with Crippen LogP contribution >= 0.6 is 23.4 Å². The van der Waals surface area contributed by atoms with Crippen molar-refractivity contribution in [3.05, 3.63) is 101 Å². The van der Waals surface area contributed by atoms with E-state index in [2.05, 4.69) is 62.8 Å². The first-order chi connectivity index (χ1) is 15.5. The van der Waals surface area contributed by atoms with Crippen LogP contribution in [0, 0.1) is 13.8 Å². The van der Waals surface area contributed by atoms with Crippen molar-refractivity contribution in [3.8, 4) is 11.3 Å². The van der Waals surface area contributed by atoms with Crippen LogP contribution in [0.2, 0.25) is 5.02 Å². The summed E-state index contributed by atoms with van der Waals surface area (Å²) in [5.74, 6) is 0.726. The number of H-pyrrole nitrogens is 1. The fourth-order valence-electron chi connectivity index (χ4n) is 3.75. The highest BCUT2D eigenvalue weighted by atomic mass is 35.5. The van der Waals surface area contributed by atoms with E-state index in [1.54, 1.807) is 11.8 Å². The highest BCUT2D eigenvalue weighted by Crippen LogP contribution is 2.37. The van der Waals surface area contributed by atoms with Crippen molar-refractivity contribution < 1.29 is 0 Å². The van der Waals surface area contributed by atoms with Crippen molar-refractivity contribution >= 4 is 29.1 Å². The molecule has 0 radical (unpaired) electrons. The first kappa shape index (κ1) is 20.8. The summed E-state index contributed by atoms with van der Waals surface area (Å²) in [6.07, 6.45) is 4.77. The molecule has 5 rings (SSSR count). The average molecular weight is 460 g/mol. The molecule has 3 aromatic heterocycles. The summed E-state index contributed by atoms with van der Waals surface area (Å²) in [6, 6.07) is 20.3. The van der Waals surface area contributed by atoms with Crippen LogP contribution in [0.15, 0.2) is 78.2 Å². The third-order valence-electron chi connectivity index (χ3n) is 5.34. The summed E-state index contributed by atoms with van der Waals surface area (Å²) in [6.45, 7) is 4.07. The predicted octanol–water partition coefficient (Wildman–Crippen LogP) is 6.47. The van der Waals surface area contributed by atoms with Gasteiger partial charge >= 0.3 is 0 Å². The van der Waals surface area contributed by atoms with E-state index in [9.17, 15) is 0 Å². The number of fused-ring (bicyclic) bond motifs is 1. The van der Waals surface area contributed by atoms with E-state index in [4.69, 9.17) is 16.6 Å².